The predicted octanol–water partition coefficient (Wildman–Crippen LogP) is 1.85. The van der Waals surface area contributed by atoms with E-state index < -0.39 is 95.9 Å². The molecule has 2 aliphatic rings. The summed E-state index contributed by atoms with van der Waals surface area (Å²) < 4.78 is 66.6. The number of hydrogen-bond acceptors (Lipinski definition) is 17. The minimum atomic E-state index is -4.28. The van der Waals surface area contributed by atoms with Crippen molar-refractivity contribution in [3.05, 3.63) is 59.6 Å². The second-order valence-corrected chi connectivity index (χ2v) is 15.8. The van der Waals surface area contributed by atoms with Crippen LogP contribution in [0.3, 0.4) is 0 Å². The molecule has 0 amide bonds. The van der Waals surface area contributed by atoms with Crippen LogP contribution in [0.2, 0.25) is 5.02 Å². The highest BCUT2D eigenvalue weighted by Crippen LogP contribution is 2.33. The lowest BCUT2D eigenvalue weighted by molar-refractivity contribution is -0.197. The van der Waals surface area contributed by atoms with Crippen LogP contribution in [0.5, 0.6) is 6.01 Å². The number of sulfonamides is 1. The summed E-state index contributed by atoms with van der Waals surface area (Å²) in [4.78, 5) is 59.4. The number of carbonyl (C=O) groups is 4. The molecule has 316 valence electrons. The van der Waals surface area contributed by atoms with Gasteiger partial charge in [0.2, 0.25) is 10.0 Å². The number of aromatic nitrogens is 3. The lowest BCUT2D eigenvalue weighted by Crippen LogP contribution is -2.54. The summed E-state index contributed by atoms with van der Waals surface area (Å²) in [5.74, 6) is -3.52. The molecule has 4 N–H and O–H groups in total. The van der Waals surface area contributed by atoms with Crippen LogP contribution in [0.1, 0.15) is 27.7 Å². The van der Waals surface area contributed by atoms with Crippen molar-refractivity contribution in [2.24, 2.45) is 0 Å². The highest BCUT2D eigenvalue weighted by atomic mass is 35.5. The molecule has 2 fully saturated rings. The van der Waals surface area contributed by atoms with E-state index in [2.05, 4.69) is 19.7 Å². The maximum atomic E-state index is 13.3. The molecule has 4 heterocycles. The predicted molar refractivity (Wildman–Crippen MR) is 204 cm³/mol. The Kier molecular flexibility index (Phi) is 13.5. The van der Waals surface area contributed by atoms with Gasteiger partial charge in [-0.3, -0.25) is 19.2 Å². The molecule has 59 heavy (non-hydrogen) atoms. The molecule has 0 radical (unpaired) electrons. The van der Waals surface area contributed by atoms with Crippen molar-refractivity contribution in [1.29, 1.82) is 0 Å². The van der Waals surface area contributed by atoms with E-state index in [0.717, 1.165) is 33.3 Å². The average Bonchev–Trinajstić information content (AvgIpc) is 3.89. The highest BCUT2D eigenvalue weighted by Gasteiger charge is 2.49. The number of hydrogen-bond donors (Lipinski definition) is 4. The van der Waals surface area contributed by atoms with Gasteiger partial charge in [0, 0.05) is 39.8 Å². The number of carbonyl (C=O) groups excluding carboxylic acids is 4. The molecule has 6 rings (SSSR count). The third-order valence-corrected chi connectivity index (χ3v) is 11.0. The number of aliphatic hydroxyl groups excluding tert-OH is 2. The molecule has 2 aromatic carbocycles. The summed E-state index contributed by atoms with van der Waals surface area (Å²) in [6, 6.07) is 14.9. The van der Waals surface area contributed by atoms with Gasteiger partial charge in [-0.15, -0.1) is 0 Å². The summed E-state index contributed by atoms with van der Waals surface area (Å²) in [5.41, 5.74) is 3.46. The number of pyridine rings is 1. The third-order valence-electron chi connectivity index (χ3n) is 9.23. The van der Waals surface area contributed by atoms with Gasteiger partial charge in [0.1, 0.15) is 31.0 Å². The molecule has 0 saturated carbocycles. The zero-order chi connectivity index (χ0) is 42.6. The van der Waals surface area contributed by atoms with Crippen LogP contribution in [-0.2, 0) is 57.6 Å². The smallest absolute Gasteiger partial charge is 0.303 e. The van der Waals surface area contributed by atoms with Gasteiger partial charge in [-0.25, -0.2) is 18.1 Å². The molecule has 2 aliphatic heterocycles. The number of ether oxygens (including phenoxy) is 7. The van der Waals surface area contributed by atoms with Gasteiger partial charge in [-0.05, 0) is 29.3 Å². The number of H-pyrrole nitrogens is 1. The number of rotatable bonds is 16. The SMILES string of the molecule is CC(=O)OC[C@@H](OC(C)=O)[C@@H](OC(C)=O)[C@H](OC(C)=O)[C@@H](O)CNS(=O)(=O)c1ccc(-c2ccc(-c3nc4nc(O[C@@H]5COC6[C@H](O)CO[C@@H]65)[nH]c4cc3Cl)cc2)cc1. The van der Waals surface area contributed by atoms with Crippen molar-refractivity contribution < 1.29 is 71.0 Å². The number of aliphatic hydroxyl groups is 2. The van der Waals surface area contributed by atoms with Crippen LogP contribution >= 0.6 is 11.6 Å². The zero-order valence-electron chi connectivity index (χ0n) is 32.0. The van der Waals surface area contributed by atoms with E-state index >= 15 is 0 Å². The number of imidazole rings is 1. The Morgan fingerprint density at radius 3 is 2.07 bits per heavy atom. The van der Waals surface area contributed by atoms with E-state index in [1.807, 2.05) is 0 Å². The monoisotopic (exact) mass is 860 g/mol. The Labute approximate surface area is 342 Å². The number of aromatic amines is 1. The Morgan fingerprint density at radius 2 is 1.44 bits per heavy atom. The topological polar surface area (TPSA) is 261 Å². The number of benzene rings is 2. The van der Waals surface area contributed by atoms with Gasteiger partial charge in [-0.2, -0.15) is 4.98 Å². The molecule has 21 heteroatoms. The van der Waals surface area contributed by atoms with Gasteiger partial charge in [-0.1, -0.05) is 48.0 Å². The fraction of sp³-hybridized carbons (Fsp3) is 0.421. The zero-order valence-corrected chi connectivity index (χ0v) is 33.6. The van der Waals surface area contributed by atoms with E-state index in [9.17, 15) is 37.8 Å². The minimum Gasteiger partial charge on any atom is -0.462 e. The number of nitrogens with one attached hydrogen (secondary N) is 2. The van der Waals surface area contributed by atoms with Crippen molar-refractivity contribution in [3.8, 4) is 28.4 Å². The molecule has 0 spiro atoms. The van der Waals surface area contributed by atoms with Crippen molar-refractivity contribution in [2.75, 3.05) is 26.4 Å². The molecule has 0 aliphatic carbocycles. The standard InChI is InChI=1S/C38H41ClN4O15S/c1-18(44)52-16-31(55-19(2)45)36(57-21(4)47)34(56-20(3)46)28(48)14-40-59(50,51)25-11-9-23(10-12-25)22-5-7-24(8-6-22)32-26(39)13-27-37(42-32)43-38(41-27)58-30-17-54-33-29(49)15-53-35(30)33/h5-13,28-31,33-36,40,48-49H,14-17H2,1-4H3,(H,41,42,43)/t28-,29+,30+,31+,33?,34+,35+,36+/m0/s1. The second kappa shape index (κ2) is 18.4. The van der Waals surface area contributed by atoms with Gasteiger partial charge >= 0.3 is 23.9 Å². The summed E-state index contributed by atoms with van der Waals surface area (Å²) in [6.07, 6.45) is -8.91. The van der Waals surface area contributed by atoms with E-state index in [4.69, 9.17) is 44.8 Å². The first-order chi connectivity index (χ1) is 28.0. The van der Waals surface area contributed by atoms with E-state index in [1.54, 1.807) is 42.5 Å². The lowest BCUT2D eigenvalue weighted by Gasteiger charge is -2.34. The fourth-order valence-electron chi connectivity index (χ4n) is 6.59. The van der Waals surface area contributed by atoms with E-state index in [1.165, 1.54) is 12.1 Å². The number of fused-ring (bicyclic) bond motifs is 2. The van der Waals surface area contributed by atoms with Crippen LogP contribution in [0.25, 0.3) is 33.5 Å². The number of nitrogens with zero attached hydrogens (tertiary/aromatic N) is 2. The normalized spacial score (nSPS) is 20.9. The summed E-state index contributed by atoms with van der Waals surface area (Å²) in [5, 5.41) is 21.4. The number of esters is 4. The Morgan fingerprint density at radius 1 is 0.847 bits per heavy atom. The Balaban J connectivity index is 1.12. The molecule has 8 atom stereocenters. The first-order valence-corrected chi connectivity index (χ1v) is 20.0. The minimum absolute atomic E-state index is 0.168. The van der Waals surface area contributed by atoms with Crippen molar-refractivity contribution in [2.45, 2.75) is 81.4 Å². The summed E-state index contributed by atoms with van der Waals surface area (Å²) in [7, 11) is -4.28. The van der Waals surface area contributed by atoms with Crippen molar-refractivity contribution in [1.82, 2.24) is 19.7 Å². The highest BCUT2D eigenvalue weighted by molar-refractivity contribution is 7.89. The molecular weight excluding hydrogens is 820 g/mol. The van der Waals surface area contributed by atoms with E-state index in [0.29, 0.717) is 33.0 Å². The van der Waals surface area contributed by atoms with Crippen LogP contribution in [0, 0.1) is 0 Å². The van der Waals surface area contributed by atoms with Crippen LogP contribution in [0.15, 0.2) is 59.5 Å². The van der Waals surface area contributed by atoms with Gasteiger partial charge < -0.3 is 48.4 Å². The van der Waals surface area contributed by atoms with Crippen molar-refractivity contribution in [3.63, 3.8) is 0 Å². The quantitative estimate of drug-likeness (QED) is 0.0925. The van der Waals surface area contributed by atoms with Gasteiger partial charge in [0.05, 0.1) is 34.3 Å². The summed E-state index contributed by atoms with van der Waals surface area (Å²) in [6.45, 7) is 3.13. The lowest BCUT2D eigenvalue weighted by atomic mass is 10.0. The van der Waals surface area contributed by atoms with Crippen LogP contribution < -0.4 is 9.46 Å². The van der Waals surface area contributed by atoms with Crippen molar-refractivity contribution >= 4 is 56.7 Å². The maximum absolute atomic E-state index is 13.3. The molecule has 19 nitrogen and oxygen atoms in total. The fourth-order valence-corrected chi connectivity index (χ4v) is 7.91. The van der Waals surface area contributed by atoms with E-state index in [-0.39, 0.29) is 24.1 Å². The molecule has 2 aromatic heterocycles. The van der Waals surface area contributed by atoms with Crippen LogP contribution in [0.4, 0.5) is 0 Å². The summed E-state index contributed by atoms with van der Waals surface area (Å²) >= 11 is 6.62. The molecule has 1 unspecified atom stereocenters. The Hall–Kier alpha value is -5.22. The third kappa shape index (κ3) is 10.5. The van der Waals surface area contributed by atoms with Gasteiger partial charge in [0.15, 0.2) is 30.1 Å². The average molecular weight is 861 g/mol. The molecular formula is C38H41ClN4O15S. The molecule has 4 aromatic rings. The van der Waals surface area contributed by atoms with Gasteiger partial charge in [0.25, 0.3) is 6.01 Å². The molecule has 2 saturated heterocycles. The second-order valence-electron chi connectivity index (χ2n) is 13.7. The first-order valence-electron chi connectivity index (χ1n) is 18.2. The number of halogens is 1. The van der Waals surface area contributed by atoms with Crippen LogP contribution in [-0.4, -0.2) is 133 Å². The first kappa shape index (κ1) is 43.4. The maximum Gasteiger partial charge on any atom is 0.303 e. The molecule has 0 bridgehead atoms. The Bertz CT molecular complexity index is 2290. The largest absolute Gasteiger partial charge is 0.462 e.